The zero-order chi connectivity index (χ0) is 24.6. The second-order valence-electron chi connectivity index (χ2n) is 8.09. The summed E-state index contributed by atoms with van der Waals surface area (Å²) in [4.78, 5) is 23.8. The minimum absolute atomic E-state index is 0.0571. The molecule has 0 saturated heterocycles. The summed E-state index contributed by atoms with van der Waals surface area (Å²) in [7, 11) is 0. The number of nitrogens with zero attached hydrogens (tertiary/aromatic N) is 5. The molecule has 1 aliphatic rings. The van der Waals surface area contributed by atoms with Crippen LogP contribution in [-0.2, 0) is 11.0 Å². The van der Waals surface area contributed by atoms with Gasteiger partial charge in [-0.2, -0.15) is 18.3 Å². The molecule has 4 aromatic heterocycles. The van der Waals surface area contributed by atoms with Crippen LogP contribution in [0, 0.1) is 5.92 Å². The van der Waals surface area contributed by atoms with Crippen LogP contribution in [0.2, 0.25) is 0 Å². The van der Waals surface area contributed by atoms with Crippen molar-refractivity contribution in [3.63, 3.8) is 0 Å². The third kappa shape index (κ3) is 4.86. The summed E-state index contributed by atoms with van der Waals surface area (Å²) in [6.07, 6.45) is 1.52. The van der Waals surface area contributed by atoms with Crippen LogP contribution in [0.3, 0.4) is 0 Å². The average Bonchev–Trinajstić information content (AvgIpc) is 3.61. The smallest absolute Gasteiger partial charge is 0.419 e. The summed E-state index contributed by atoms with van der Waals surface area (Å²) in [5.74, 6) is 0.00621. The van der Waals surface area contributed by atoms with Crippen LogP contribution in [0.15, 0.2) is 48.9 Å². The molecule has 9 nitrogen and oxygen atoms in total. The van der Waals surface area contributed by atoms with Crippen molar-refractivity contribution in [3.8, 4) is 28.4 Å². The van der Waals surface area contributed by atoms with Crippen molar-refractivity contribution in [1.82, 2.24) is 29.9 Å². The molecule has 0 radical (unpaired) electrons. The Morgan fingerprint density at radius 2 is 1.89 bits per heavy atom. The van der Waals surface area contributed by atoms with Gasteiger partial charge >= 0.3 is 6.18 Å². The molecule has 0 spiro atoms. The number of nitrogens with two attached hydrogens (primary N) is 1. The first-order chi connectivity index (χ1) is 16.8. The lowest BCUT2D eigenvalue weighted by Crippen LogP contribution is -2.29. The summed E-state index contributed by atoms with van der Waals surface area (Å²) < 4.78 is 46.8. The SMILES string of the molecule is Nc1ncc(-c2cnc3ccc(-c4ccc(OCCNC(=O)C5CC5)nc4)nn23)cc1C(F)(F)F. The molecule has 0 atom stereocenters. The highest BCUT2D eigenvalue weighted by atomic mass is 19.4. The van der Waals surface area contributed by atoms with Crippen molar-refractivity contribution in [2.75, 3.05) is 18.9 Å². The fraction of sp³-hybridized carbons (Fsp3) is 0.261. The lowest BCUT2D eigenvalue weighted by Gasteiger charge is -2.11. The Kier molecular flexibility index (Phi) is 5.71. The quantitative estimate of drug-likeness (QED) is 0.387. The molecule has 1 saturated carbocycles. The highest BCUT2D eigenvalue weighted by Gasteiger charge is 2.34. The first-order valence-corrected chi connectivity index (χ1v) is 10.8. The molecule has 0 bridgehead atoms. The predicted molar refractivity (Wildman–Crippen MR) is 120 cm³/mol. The molecule has 1 fully saturated rings. The topological polar surface area (TPSA) is 120 Å². The minimum Gasteiger partial charge on any atom is -0.476 e. The van der Waals surface area contributed by atoms with E-state index in [0.29, 0.717) is 41.6 Å². The first-order valence-electron chi connectivity index (χ1n) is 10.8. The number of halogens is 3. The third-order valence-corrected chi connectivity index (χ3v) is 5.51. The molecule has 180 valence electrons. The summed E-state index contributed by atoms with van der Waals surface area (Å²) >= 11 is 0. The Morgan fingerprint density at radius 3 is 2.60 bits per heavy atom. The third-order valence-electron chi connectivity index (χ3n) is 5.51. The molecule has 4 heterocycles. The number of carbonyl (C=O) groups is 1. The van der Waals surface area contributed by atoms with E-state index < -0.39 is 17.6 Å². The van der Waals surface area contributed by atoms with Crippen LogP contribution in [0.5, 0.6) is 5.88 Å². The lowest BCUT2D eigenvalue weighted by molar-refractivity contribution is -0.137. The van der Waals surface area contributed by atoms with E-state index in [1.807, 2.05) is 0 Å². The molecular formula is C23H20F3N7O2. The number of hydrogen-bond acceptors (Lipinski definition) is 7. The summed E-state index contributed by atoms with van der Waals surface area (Å²) in [6.45, 7) is 0.694. The van der Waals surface area contributed by atoms with Gasteiger partial charge in [0.25, 0.3) is 0 Å². The Balaban J connectivity index is 1.34. The molecule has 35 heavy (non-hydrogen) atoms. The van der Waals surface area contributed by atoms with E-state index in [4.69, 9.17) is 10.5 Å². The lowest BCUT2D eigenvalue weighted by atomic mass is 10.1. The number of aromatic nitrogens is 5. The van der Waals surface area contributed by atoms with Gasteiger partial charge in [0.05, 0.1) is 29.7 Å². The molecule has 5 rings (SSSR count). The highest BCUT2D eigenvalue weighted by molar-refractivity contribution is 5.80. The maximum Gasteiger partial charge on any atom is 0.419 e. The molecule has 1 aliphatic carbocycles. The number of anilines is 1. The van der Waals surface area contributed by atoms with Crippen molar-refractivity contribution >= 4 is 17.4 Å². The van der Waals surface area contributed by atoms with Gasteiger partial charge in [-0.05, 0) is 37.1 Å². The van der Waals surface area contributed by atoms with E-state index in [-0.39, 0.29) is 17.4 Å². The summed E-state index contributed by atoms with van der Waals surface area (Å²) in [5.41, 5.74) is 6.57. The number of fused-ring (bicyclic) bond motifs is 1. The number of imidazole rings is 1. The highest BCUT2D eigenvalue weighted by Crippen LogP contribution is 2.35. The molecule has 0 unspecified atom stereocenters. The van der Waals surface area contributed by atoms with Crippen LogP contribution >= 0.6 is 0 Å². The number of nitrogen functional groups attached to an aromatic ring is 1. The standard InChI is InChI=1S/C23H20F3N7O2/c24-23(25,26)16-9-15(11-31-21(16)27)18-12-29-19-5-4-17(32-33(18)19)14-3-6-20(30-10-14)35-8-7-28-22(34)13-1-2-13/h3-6,9-13H,1-2,7-8H2,(H2,27,31)(H,28,34). The fourth-order valence-electron chi connectivity index (χ4n) is 3.50. The van der Waals surface area contributed by atoms with Gasteiger partial charge in [-0.15, -0.1) is 0 Å². The Bertz CT molecular complexity index is 1380. The van der Waals surface area contributed by atoms with E-state index in [2.05, 4.69) is 25.4 Å². The van der Waals surface area contributed by atoms with E-state index >= 15 is 0 Å². The van der Waals surface area contributed by atoms with E-state index in [1.54, 1.807) is 30.5 Å². The minimum atomic E-state index is -4.63. The molecule has 12 heteroatoms. The van der Waals surface area contributed by atoms with E-state index in [9.17, 15) is 18.0 Å². The zero-order valence-corrected chi connectivity index (χ0v) is 18.3. The second-order valence-corrected chi connectivity index (χ2v) is 8.09. The molecule has 0 aliphatic heterocycles. The Labute approximate surface area is 197 Å². The first kappa shape index (κ1) is 22.6. The van der Waals surface area contributed by atoms with Gasteiger partial charge in [-0.25, -0.2) is 19.5 Å². The van der Waals surface area contributed by atoms with Gasteiger partial charge in [0.1, 0.15) is 12.4 Å². The van der Waals surface area contributed by atoms with Crippen molar-refractivity contribution < 1.29 is 22.7 Å². The van der Waals surface area contributed by atoms with Crippen molar-refractivity contribution in [3.05, 3.63) is 54.5 Å². The van der Waals surface area contributed by atoms with Gasteiger partial charge in [-0.1, -0.05) is 0 Å². The van der Waals surface area contributed by atoms with Crippen molar-refractivity contribution in [2.24, 2.45) is 5.92 Å². The van der Waals surface area contributed by atoms with Crippen LogP contribution < -0.4 is 15.8 Å². The van der Waals surface area contributed by atoms with E-state index in [1.165, 1.54) is 16.9 Å². The van der Waals surface area contributed by atoms with Gasteiger partial charge < -0.3 is 15.8 Å². The maximum absolute atomic E-state index is 13.3. The summed E-state index contributed by atoms with van der Waals surface area (Å²) in [6, 6.07) is 7.81. The van der Waals surface area contributed by atoms with Gasteiger partial charge in [0, 0.05) is 35.5 Å². The largest absolute Gasteiger partial charge is 0.476 e. The monoisotopic (exact) mass is 483 g/mol. The average molecular weight is 483 g/mol. The van der Waals surface area contributed by atoms with Gasteiger partial charge in [0.15, 0.2) is 5.65 Å². The van der Waals surface area contributed by atoms with Crippen molar-refractivity contribution in [1.29, 1.82) is 0 Å². The van der Waals surface area contributed by atoms with Crippen LogP contribution in [0.4, 0.5) is 19.0 Å². The molecule has 0 aromatic carbocycles. The number of nitrogens with one attached hydrogen (secondary N) is 1. The number of alkyl halides is 3. The summed E-state index contributed by atoms with van der Waals surface area (Å²) in [5, 5.41) is 7.34. The number of hydrogen-bond donors (Lipinski definition) is 2. The fourth-order valence-corrected chi connectivity index (χ4v) is 3.50. The molecular weight excluding hydrogens is 463 g/mol. The number of carbonyl (C=O) groups excluding carboxylic acids is 1. The number of rotatable bonds is 7. The number of ether oxygens (including phenoxy) is 1. The maximum atomic E-state index is 13.3. The molecule has 4 aromatic rings. The van der Waals surface area contributed by atoms with E-state index in [0.717, 1.165) is 18.9 Å². The van der Waals surface area contributed by atoms with Crippen molar-refractivity contribution in [2.45, 2.75) is 19.0 Å². The number of pyridine rings is 2. The second kappa shape index (κ2) is 8.85. The van der Waals surface area contributed by atoms with Crippen LogP contribution in [0.25, 0.3) is 28.2 Å². The molecule has 1 amide bonds. The van der Waals surface area contributed by atoms with Crippen LogP contribution in [0.1, 0.15) is 18.4 Å². The van der Waals surface area contributed by atoms with Gasteiger partial charge in [0.2, 0.25) is 11.8 Å². The Morgan fingerprint density at radius 1 is 1.09 bits per heavy atom. The normalized spacial score (nSPS) is 13.7. The Hall–Kier alpha value is -4.22. The molecule has 3 N–H and O–H groups in total. The van der Waals surface area contributed by atoms with Gasteiger partial charge in [-0.3, -0.25) is 4.79 Å². The predicted octanol–water partition coefficient (Wildman–Crippen LogP) is 3.36. The zero-order valence-electron chi connectivity index (χ0n) is 18.3. The van der Waals surface area contributed by atoms with Crippen LogP contribution in [-0.4, -0.2) is 43.6 Å². The number of amides is 1.